The fourth-order valence-corrected chi connectivity index (χ4v) is 3.75. The third kappa shape index (κ3) is 4.17. The van der Waals surface area contributed by atoms with E-state index in [1.54, 1.807) is 4.90 Å². The average molecular weight is 450 g/mol. The highest BCUT2D eigenvalue weighted by atomic mass is 79.9. The normalized spacial score (nSPS) is 12.4. The number of benzene rings is 3. The summed E-state index contributed by atoms with van der Waals surface area (Å²) in [6.07, 6.45) is 0.802. The van der Waals surface area contributed by atoms with Gasteiger partial charge in [0.25, 0.3) is 5.91 Å². The third-order valence-corrected chi connectivity index (χ3v) is 5.60. The predicted octanol–water partition coefficient (Wildman–Crippen LogP) is 5.60. The van der Waals surface area contributed by atoms with E-state index in [0.29, 0.717) is 23.5 Å². The molecule has 0 saturated heterocycles. The van der Waals surface area contributed by atoms with Crippen LogP contribution in [0.15, 0.2) is 71.2 Å². The SMILES string of the molecule is Cc1ccc(C(=O)N2CCc3ccc(NC(=O)Nc4ccccc4Br)cc32)cc1. The molecule has 3 aromatic rings. The molecule has 0 spiro atoms. The zero-order chi connectivity index (χ0) is 20.4. The van der Waals surface area contributed by atoms with Gasteiger partial charge in [0.05, 0.1) is 5.69 Å². The molecule has 146 valence electrons. The number of nitrogens with zero attached hydrogens (tertiary/aromatic N) is 1. The molecule has 0 aromatic heterocycles. The molecular formula is C23H20BrN3O2. The molecule has 0 saturated carbocycles. The van der Waals surface area contributed by atoms with Crippen molar-refractivity contribution in [1.82, 2.24) is 0 Å². The highest BCUT2D eigenvalue weighted by Crippen LogP contribution is 2.32. The first-order valence-corrected chi connectivity index (χ1v) is 10.1. The van der Waals surface area contributed by atoms with Gasteiger partial charge in [0.2, 0.25) is 0 Å². The minimum Gasteiger partial charge on any atom is -0.308 e. The molecule has 0 atom stereocenters. The van der Waals surface area contributed by atoms with Gasteiger partial charge in [0, 0.05) is 28.0 Å². The molecule has 1 aliphatic rings. The van der Waals surface area contributed by atoms with E-state index in [4.69, 9.17) is 0 Å². The quantitative estimate of drug-likeness (QED) is 0.546. The zero-order valence-corrected chi connectivity index (χ0v) is 17.5. The molecule has 5 nitrogen and oxygen atoms in total. The first kappa shape index (κ1) is 19.2. The molecular weight excluding hydrogens is 430 g/mol. The Morgan fingerprint density at radius 2 is 1.72 bits per heavy atom. The van der Waals surface area contributed by atoms with Crippen molar-refractivity contribution in [3.63, 3.8) is 0 Å². The Balaban J connectivity index is 1.51. The van der Waals surface area contributed by atoms with Crippen molar-refractivity contribution in [2.45, 2.75) is 13.3 Å². The summed E-state index contributed by atoms with van der Waals surface area (Å²) >= 11 is 3.41. The van der Waals surface area contributed by atoms with Crippen molar-refractivity contribution >= 4 is 44.9 Å². The highest BCUT2D eigenvalue weighted by Gasteiger charge is 2.26. The van der Waals surface area contributed by atoms with Gasteiger partial charge >= 0.3 is 6.03 Å². The topological polar surface area (TPSA) is 61.4 Å². The van der Waals surface area contributed by atoms with Crippen molar-refractivity contribution in [3.05, 3.63) is 87.9 Å². The number of amides is 3. The van der Waals surface area contributed by atoms with Crippen LogP contribution in [0, 0.1) is 6.92 Å². The van der Waals surface area contributed by atoms with Gasteiger partial charge in [0.15, 0.2) is 0 Å². The summed E-state index contributed by atoms with van der Waals surface area (Å²) < 4.78 is 0.805. The summed E-state index contributed by atoms with van der Waals surface area (Å²) in [6, 6.07) is 20.3. The van der Waals surface area contributed by atoms with Crippen LogP contribution in [0.25, 0.3) is 0 Å². The lowest BCUT2D eigenvalue weighted by molar-refractivity contribution is 0.0989. The first-order valence-electron chi connectivity index (χ1n) is 9.35. The molecule has 29 heavy (non-hydrogen) atoms. The Kier molecular flexibility index (Phi) is 5.36. The van der Waals surface area contributed by atoms with Crippen LogP contribution in [-0.2, 0) is 6.42 Å². The van der Waals surface area contributed by atoms with E-state index in [2.05, 4.69) is 26.6 Å². The van der Waals surface area contributed by atoms with Crippen molar-refractivity contribution in [1.29, 1.82) is 0 Å². The number of hydrogen-bond donors (Lipinski definition) is 2. The number of urea groups is 1. The molecule has 0 bridgehead atoms. The van der Waals surface area contributed by atoms with Crippen LogP contribution >= 0.6 is 15.9 Å². The van der Waals surface area contributed by atoms with E-state index in [1.807, 2.05) is 73.7 Å². The maximum absolute atomic E-state index is 13.0. The summed E-state index contributed by atoms with van der Waals surface area (Å²) in [4.78, 5) is 27.1. The zero-order valence-electron chi connectivity index (χ0n) is 15.9. The number of nitrogens with one attached hydrogen (secondary N) is 2. The van der Waals surface area contributed by atoms with Gasteiger partial charge in [-0.3, -0.25) is 4.79 Å². The standard InChI is InChI=1S/C23H20BrN3O2/c1-15-6-8-17(9-7-15)22(28)27-13-12-16-10-11-18(14-21(16)27)25-23(29)26-20-5-3-2-4-19(20)24/h2-11,14H,12-13H2,1H3,(H2,25,26,29). The van der Waals surface area contributed by atoms with Crippen molar-refractivity contribution < 1.29 is 9.59 Å². The van der Waals surface area contributed by atoms with E-state index in [9.17, 15) is 9.59 Å². The lowest BCUT2D eigenvalue weighted by Crippen LogP contribution is -2.29. The Morgan fingerprint density at radius 1 is 0.966 bits per heavy atom. The first-order chi connectivity index (χ1) is 14.0. The molecule has 1 aliphatic heterocycles. The smallest absolute Gasteiger partial charge is 0.308 e. The van der Waals surface area contributed by atoms with Crippen molar-refractivity contribution in [2.24, 2.45) is 0 Å². The maximum atomic E-state index is 13.0. The predicted molar refractivity (Wildman–Crippen MR) is 120 cm³/mol. The van der Waals surface area contributed by atoms with Crippen molar-refractivity contribution in [3.8, 4) is 0 Å². The second kappa shape index (κ2) is 8.09. The number of aryl methyl sites for hydroxylation is 1. The third-order valence-electron chi connectivity index (χ3n) is 4.90. The average Bonchev–Trinajstić information content (AvgIpc) is 3.13. The van der Waals surface area contributed by atoms with E-state index in [0.717, 1.165) is 27.7 Å². The van der Waals surface area contributed by atoms with Crippen LogP contribution in [0.3, 0.4) is 0 Å². The second-order valence-electron chi connectivity index (χ2n) is 6.98. The number of anilines is 3. The summed E-state index contributed by atoms with van der Waals surface area (Å²) in [5.74, 6) is -0.0291. The fraction of sp³-hybridized carbons (Fsp3) is 0.130. The van der Waals surface area contributed by atoms with Gasteiger partial charge in [-0.2, -0.15) is 0 Å². The summed E-state index contributed by atoms with van der Waals surface area (Å²) in [5.41, 5.74) is 5.04. The van der Waals surface area contributed by atoms with Crippen LogP contribution in [0.1, 0.15) is 21.5 Å². The summed E-state index contributed by atoms with van der Waals surface area (Å²) in [7, 11) is 0. The number of carbonyl (C=O) groups is 2. The molecule has 0 fully saturated rings. The monoisotopic (exact) mass is 449 g/mol. The molecule has 2 N–H and O–H groups in total. The van der Waals surface area contributed by atoms with Crippen LogP contribution in [-0.4, -0.2) is 18.5 Å². The van der Waals surface area contributed by atoms with Gasteiger partial charge in [-0.15, -0.1) is 0 Å². The van der Waals surface area contributed by atoms with Crippen LogP contribution < -0.4 is 15.5 Å². The minimum absolute atomic E-state index is 0.0291. The Morgan fingerprint density at radius 3 is 2.48 bits per heavy atom. The molecule has 4 rings (SSSR count). The van der Waals surface area contributed by atoms with Gasteiger partial charge in [-0.25, -0.2) is 4.79 Å². The van der Waals surface area contributed by atoms with E-state index in [1.165, 1.54) is 0 Å². The number of carbonyl (C=O) groups excluding carboxylic acids is 2. The molecule has 0 radical (unpaired) electrons. The number of hydrogen-bond acceptors (Lipinski definition) is 2. The maximum Gasteiger partial charge on any atom is 0.323 e. The molecule has 6 heteroatoms. The highest BCUT2D eigenvalue weighted by molar-refractivity contribution is 9.10. The van der Waals surface area contributed by atoms with Crippen molar-refractivity contribution in [2.75, 3.05) is 22.1 Å². The van der Waals surface area contributed by atoms with Crippen LogP contribution in [0.2, 0.25) is 0 Å². The summed E-state index contributed by atoms with van der Waals surface area (Å²) in [5, 5.41) is 5.66. The molecule has 3 amide bonds. The number of rotatable bonds is 3. The molecule has 1 heterocycles. The lowest BCUT2D eigenvalue weighted by atomic mass is 10.1. The molecule has 3 aromatic carbocycles. The van der Waals surface area contributed by atoms with Crippen LogP contribution in [0.4, 0.5) is 21.9 Å². The largest absolute Gasteiger partial charge is 0.323 e. The number of para-hydroxylation sites is 1. The minimum atomic E-state index is -0.341. The van der Waals surface area contributed by atoms with Gasteiger partial charge in [-0.05, 0) is 71.2 Å². The number of halogens is 1. The number of fused-ring (bicyclic) bond motifs is 1. The fourth-order valence-electron chi connectivity index (χ4n) is 3.37. The van der Waals surface area contributed by atoms with E-state index >= 15 is 0 Å². The van der Waals surface area contributed by atoms with E-state index in [-0.39, 0.29) is 11.9 Å². The van der Waals surface area contributed by atoms with Gasteiger partial charge in [-0.1, -0.05) is 35.9 Å². The summed E-state index contributed by atoms with van der Waals surface area (Å²) in [6.45, 7) is 2.63. The second-order valence-corrected chi connectivity index (χ2v) is 7.83. The molecule has 0 unspecified atom stereocenters. The van der Waals surface area contributed by atoms with Gasteiger partial charge < -0.3 is 15.5 Å². The Labute approximate surface area is 177 Å². The molecule has 0 aliphatic carbocycles. The lowest BCUT2D eigenvalue weighted by Gasteiger charge is -2.18. The van der Waals surface area contributed by atoms with E-state index < -0.39 is 0 Å². The van der Waals surface area contributed by atoms with Crippen LogP contribution in [0.5, 0.6) is 0 Å². The van der Waals surface area contributed by atoms with Gasteiger partial charge in [0.1, 0.15) is 0 Å². The Bertz CT molecular complexity index is 1080. The Hall–Kier alpha value is -3.12.